The quantitative estimate of drug-likeness (QED) is 0.853. The molecule has 2 aliphatic rings. The molecule has 2 aliphatic heterocycles. The molecule has 0 aromatic heterocycles. The summed E-state index contributed by atoms with van der Waals surface area (Å²) in [5, 5.41) is 0. The number of ether oxygens (including phenoxy) is 1. The van der Waals surface area contributed by atoms with E-state index in [0.29, 0.717) is 12.3 Å². The van der Waals surface area contributed by atoms with Crippen molar-refractivity contribution in [3.63, 3.8) is 0 Å². The van der Waals surface area contributed by atoms with Gasteiger partial charge in [-0.05, 0) is 50.0 Å². The molecule has 1 aromatic carbocycles. The van der Waals surface area contributed by atoms with Crippen LogP contribution < -0.4 is 0 Å². The highest BCUT2D eigenvalue weighted by Crippen LogP contribution is 2.23. The van der Waals surface area contributed by atoms with Crippen LogP contribution in [-0.2, 0) is 16.0 Å². The van der Waals surface area contributed by atoms with Crippen LogP contribution in [-0.4, -0.2) is 36.6 Å². The maximum absolute atomic E-state index is 12.4. The molecule has 120 valence electrons. The highest BCUT2D eigenvalue weighted by molar-refractivity contribution is 5.76. The number of carbonyl (C=O) groups is 1. The third-order valence-electron chi connectivity index (χ3n) is 5.01. The molecule has 3 nitrogen and oxygen atoms in total. The first-order chi connectivity index (χ1) is 10.8. The minimum Gasteiger partial charge on any atom is -0.378 e. The molecule has 3 heteroatoms. The van der Waals surface area contributed by atoms with E-state index in [1.807, 2.05) is 0 Å². The lowest BCUT2D eigenvalue weighted by Gasteiger charge is -2.33. The molecule has 0 spiro atoms. The normalized spacial score (nSPS) is 23.5. The summed E-state index contributed by atoms with van der Waals surface area (Å²) in [7, 11) is 0. The van der Waals surface area contributed by atoms with Crippen LogP contribution in [0.5, 0.6) is 0 Å². The van der Waals surface area contributed by atoms with Crippen LogP contribution in [0.25, 0.3) is 0 Å². The summed E-state index contributed by atoms with van der Waals surface area (Å²) in [5.41, 5.74) is 1.42. The van der Waals surface area contributed by atoms with Crippen molar-refractivity contribution in [3.05, 3.63) is 35.9 Å². The van der Waals surface area contributed by atoms with Crippen LogP contribution >= 0.6 is 0 Å². The SMILES string of the molecule is O=C(CC1CCCCO1)N1CCC(Cc2ccccc2)CC1. The standard InChI is InChI=1S/C19H27NO2/c21-19(15-18-8-4-5-13-22-18)20-11-9-17(10-12-20)14-16-6-2-1-3-7-16/h1-3,6-7,17-18H,4-5,8-15H2. The van der Waals surface area contributed by atoms with Crippen molar-refractivity contribution in [2.45, 2.75) is 51.0 Å². The second-order valence-corrected chi connectivity index (χ2v) is 6.71. The lowest BCUT2D eigenvalue weighted by atomic mass is 9.90. The Balaban J connectivity index is 1.42. The predicted molar refractivity (Wildman–Crippen MR) is 87.7 cm³/mol. The molecule has 0 saturated carbocycles. The molecule has 22 heavy (non-hydrogen) atoms. The average molecular weight is 301 g/mol. The van der Waals surface area contributed by atoms with Gasteiger partial charge >= 0.3 is 0 Å². The van der Waals surface area contributed by atoms with E-state index in [4.69, 9.17) is 4.74 Å². The van der Waals surface area contributed by atoms with Crippen molar-refractivity contribution >= 4 is 5.91 Å². The minimum atomic E-state index is 0.170. The molecular weight excluding hydrogens is 274 g/mol. The molecular formula is C19H27NO2. The maximum atomic E-state index is 12.4. The highest BCUT2D eigenvalue weighted by atomic mass is 16.5. The molecule has 3 rings (SSSR count). The van der Waals surface area contributed by atoms with Crippen molar-refractivity contribution in [1.82, 2.24) is 4.90 Å². The summed E-state index contributed by atoms with van der Waals surface area (Å²) >= 11 is 0. The smallest absolute Gasteiger partial charge is 0.225 e. The second kappa shape index (κ2) is 7.77. The zero-order valence-electron chi connectivity index (χ0n) is 13.4. The Morgan fingerprint density at radius 1 is 1.09 bits per heavy atom. The summed E-state index contributed by atoms with van der Waals surface area (Å²) in [4.78, 5) is 14.4. The van der Waals surface area contributed by atoms with E-state index in [0.717, 1.165) is 57.7 Å². The molecule has 0 aliphatic carbocycles. The Morgan fingerprint density at radius 3 is 2.55 bits per heavy atom. The highest BCUT2D eigenvalue weighted by Gasteiger charge is 2.25. The number of likely N-dealkylation sites (tertiary alicyclic amines) is 1. The van der Waals surface area contributed by atoms with Crippen LogP contribution in [0, 0.1) is 5.92 Å². The fourth-order valence-corrected chi connectivity index (χ4v) is 3.63. The minimum absolute atomic E-state index is 0.170. The van der Waals surface area contributed by atoms with Crippen molar-refractivity contribution in [2.24, 2.45) is 5.92 Å². The predicted octanol–water partition coefficient (Wildman–Crippen LogP) is 3.43. The number of piperidine rings is 1. The largest absolute Gasteiger partial charge is 0.378 e. The van der Waals surface area contributed by atoms with E-state index < -0.39 is 0 Å². The fraction of sp³-hybridized carbons (Fsp3) is 0.632. The van der Waals surface area contributed by atoms with E-state index in [1.165, 1.54) is 12.0 Å². The van der Waals surface area contributed by atoms with Gasteiger partial charge in [-0.15, -0.1) is 0 Å². The Morgan fingerprint density at radius 2 is 1.86 bits per heavy atom. The molecule has 0 bridgehead atoms. The van der Waals surface area contributed by atoms with Gasteiger partial charge in [-0.1, -0.05) is 30.3 Å². The molecule has 1 amide bonds. The lowest BCUT2D eigenvalue weighted by molar-refractivity contribution is -0.136. The van der Waals surface area contributed by atoms with Gasteiger partial charge in [-0.3, -0.25) is 4.79 Å². The number of hydrogen-bond donors (Lipinski definition) is 0. The van der Waals surface area contributed by atoms with Gasteiger partial charge in [0.2, 0.25) is 5.91 Å². The fourth-order valence-electron chi connectivity index (χ4n) is 3.63. The topological polar surface area (TPSA) is 29.5 Å². The first-order valence-corrected chi connectivity index (χ1v) is 8.74. The van der Waals surface area contributed by atoms with E-state index in [1.54, 1.807) is 0 Å². The summed E-state index contributed by atoms with van der Waals surface area (Å²) in [5.74, 6) is 1.02. The van der Waals surface area contributed by atoms with Gasteiger partial charge in [0.1, 0.15) is 0 Å². The van der Waals surface area contributed by atoms with E-state index in [2.05, 4.69) is 35.2 Å². The van der Waals surface area contributed by atoms with Crippen LogP contribution in [0.4, 0.5) is 0 Å². The molecule has 2 saturated heterocycles. The van der Waals surface area contributed by atoms with Crippen molar-refractivity contribution in [2.75, 3.05) is 19.7 Å². The number of hydrogen-bond acceptors (Lipinski definition) is 2. The number of amides is 1. The summed E-state index contributed by atoms with van der Waals surface area (Å²) in [6, 6.07) is 10.7. The first kappa shape index (κ1) is 15.5. The number of nitrogens with zero attached hydrogens (tertiary/aromatic N) is 1. The number of carbonyl (C=O) groups excluding carboxylic acids is 1. The van der Waals surface area contributed by atoms with Crippen molar-refractivity contribution in [3.8, 4) is 0 Å². The van der Waals surface area contributed by atoms with E-state index in [-0.39, 0.29) is 6.10 Å². The zero-order chi connectivity index (χ0) is 15.2. The Kier molecular flexibility index (Phi) is 5.49. The Bertz CT molecular complexity index is 460. The van der Waals surface area contributed by atoms with Gasteiger partial charge in [0, 0.05) is 19.7 Å². The van der Waals surface area contributed by atoms with Crippen LogP contribution in [0.3, 0.4) is 0 Å². The first-order valence-electron chi connectivity index (χ1n) is 8.74. The summed E-state index contributed by atoms with van der Waals surface area (Å²) < 4.78 is 5.69. The van der Waals surface area contributed by atoms with Gasteiger partial charge in [0.25, 0.3) is 0 Å². The number of rotatable bonds is 4. The Hall–Kier alpha value is -1.35. The molecule has 2 fully saturated rings. The monoisotopic (exact) mass is 301 g/mol. The Labute approximate surface area is 133 Å². The van der Waals surface area contributed by atoms with Gasteiger partial charge < -0.3 is 9.64 Å². The number of benzene rings is 1. The average Bonchev–Trinajstić information content (AvgIpc) is 2.57. The third kappa shape index (κ3) is 4.33. The third-order valence-corrected chi connectivity index (χ3v) is 5.01. The van der Waals surface area contributed by atoms with Gasteiger partial charge in [-0.2, -0.15) is 0 Å². The van der Waals surface area contributed by atoms with Crippen LogP contribution in [0.1, 0.15) is 44.1 Å². The van der Waals surface area contributed by atoms with Crippen molar-refractivity contribution < 1.29 is 9.53 Å². The van der Waals surface area contributed by atoms with Crippen LogP contribution in [0.15, 0.2) is 30.3 Å². The van der Waals surface area contributed by atoms with Crippen LogP contribution in [0.2, 0.25) is 0 Å². The molecule has 2 heterocycles. The maximum Gasteiger partial charge on any atom is 0.225 e. The van der Waals surface area contributed by atoms with E-state index in [9.17, 15) is 4.79 Å². The van der Waals surface area contributed by atoms with Gasteiger partial charge in [0.15, 0.2) is 0 Å². The van der Waals surface area contributed by atoms with E-state index >= 15 is 0 Å². The second-order valence-electron chi connectivity index (χ2n) is 6.71. The van der Waals surface area contributed by atoms with Gasteiger partial charge in [0.05, 0.1) is 12.5 Å². The zero-order valence-corrected chi connectivity index (χ0v) is 13.4. The molecule has 1 unspecified atom stereocenters. The molecule has 1 atom stereocenters. The summed E-state index contributed by atoms with van der Waals surface area (Å²) in [6.07, 6.45) is 7.57. The molecule has 0 radical (unpaired) electrons. The van der Waals surface area contributed by atoms with Gasteiger partial charge in [-0.25, -0.2) is 0 Å². The summed E-state index contributed by atoms with van der Waals surface area (Å²) in [6.45, 7) is 2.67. The van der Waals surface area contributed by atoms with Crippen molar-refractivity contribution in [1.29, 1.82) is 0 Å². The molecule has 0 N–H and O–H groups in total. The lowest BCUT2D eigenvalue weighted by Crippen LogP contribution is -2.40. The molecule has 1 aromatic rings.